The summed E-state index contributed by atoms with van der Waals surface area (Å²) >= 11 is 0. The minimum Gasteiger partial charge on any atom is -0.480 e. The lowest BCUT2D eigenvalue weighted by Crippen LogP contribution is -2.53. The number of rotatable bonds is 3. The number of amides is 1. The van der Waals surface area contributed by atoms with Gasteiger partial charge in [-0.3, -0.25) is 9.69 Å². The topological polar surface area (TPSA) is 70.1 Å². The molecule has 24 heavy (non-hydrogen) atoms. The number of likely N-dealkylation sites (tertiary alicyclic amines) is 2. The molecule has 0 aromatic heterocycles. The van der Waals surface area contributed by atoms with Gasteiger partial charge in [0.2, 0.25) is 0 Å². The molecule has 0 saturated carbocycles. The average molecular weight is 340 g/mol. The second kappa shape index (κ2) is 6.90. The number of carboxylic acid groups (broad SMARTS) is 1. The number of hydrogen-bond donors (Lipinski definition) is 1. The van der Waals surface area contributed by atoms with Crippen molar-refractivity contribution in [2.75, 3.05) is 26.2 Å². The molecule has 2 rings (SSSR count). The summed E-state index contributed by atoms with van der Waals surface area (Å²) in [7, 11) is 0. The van der Waals surface area contributed by atoms with E-state index in [0.29, 0.717) is 13.1 Å². The Bertz CT molecular complexity index is 486. The second-order valence-electron chi connectivity index (χ2n) is 8.75. The molecule has 2 atom stereocenters. The Kier molecular flexibility index (Phi) is 5.47. The molecule has 2 aliphatic heterocycles. The van der Waals surface area contributed by atoms with Gasteiger partial charge in [-0.15, -0.1) is 0 Å². The zero-order chi connectivity index (χ0) is 18.1. The molecule has 0 aromatic rings. The zero-order valence-electron chi connectivity index (χ0n) is 15.7. The molecular weight excluding hydrogens is 308 g/mol. The summed E-state index contributed by atoms with van der Waals surface area (Å²) in [6.45, 7) is 12.5. The van der Waals surface area contributed by atoms with Gasteiger partial charge in [0.05, 0.1) is 0 Å². The highest BCUT2D eigenvalue weighted by atomic mass is 16.6. The SMILES string of the molecule is CC(C)[C@@H](C(=O)O)N1CCCC2(CCN(C(=O)OC(C)(C)C)C2)C1. The molecule has 0 aromatic carbocycles. The number of ether oxygens (including phenoxy) is 1. The third-order valence-electron chi connectivity index (χ3n) is 5.06. The Balaban J connectivity index is 2.04. The van der Waals surface area contributed by atoms with Crippen LogP contribution in [0.15, 0.2) is 0 Å². The Morgan fingerprint density at radius 2 is 1.79 bits per heavy atom. The number of aliphatic carboxylic acids is 1. The fourth-order valence-corrected chi connectivity index (χ4v) is 4.10. The highest BCUT2D eigenvalue weighted by molar-refractivity contribution is 5.73. The minimum absolute atomic E-state index is 0.0117. The van der Waals surface area contributed by atoms with E-state index in [1.165, 1.54) is 0 Å². The number of piperidine rings is 1. The standard InChI is InChI=1S/C18H32N2O4/c1-13(2)14(15(21)22)19-9-6-7-18(11-19)8-10-20(12-18)16(23)24-17(3,4)5/h13-14H,6-12H2,1-5H3,(H,21,22)/t14-,18?/m0/s1. The first kappa shape index (κ1) is 19.0. The lowest BCUT2D eigenvalue weighted by Gasteiger charge is -2.43. The van der Waals surface area contributed by atoms with Gasteiger partial charge in [0, 0.05) is 25.0 Å². The van der Waals surface area contributed by atoms with Crippen LogP contribution in [0.5, 0.6) is 0 Å². The number of hydrogen-bond acceptors (Lipinski definition) is 4. The smallest absolute Gasteiger partial charge is 0.410 e. The normalized spacial score (nSPS) is 26.8. The van der Waals surface area contributed by atoms with Crippen molar-refractivity contribution in [3.8, 4) is 0 Å². The molecule has 0 bridgehead atoms. The quantitative estimate of drug-likeness (QED) is 0.855. The van der Waals surface area contributed by atoms with E-state index in [-0.39, 0.29) is 17.4 Å². The molecular formula is C18H32N2O4. The van der Waals surface area contributed by atoms with Crippen molar-refractivity contribution in [2.45, 2.75) is 65.5 Å². The molecule has 2 heterocycles. The predicted octanol–water partition coefficient (Wildman–Crippen LogP) is 2.82. The van der Waals surface area contributed by atoms with Crippen LogP contribution in [-0.2, 0) is 9.53 Å². The lowest BCUT2D eigenvalue weighted by atomic mass is 9.78. The van der Waals surface area contributed by atoms with Crippen molar-refractivity contribution in [2.24, 2.45) is 11.3 Å². The number of nitrogens with zero attached hydrogens (tertiary/aromatic N) is 2. The van der Waals surface area contributed by atoms with Crippen LogP contribution >= 0.6 is 0 Å². The van der Waals surface area contributed by atoms with Crippen LogP contribution < -0.4 is 0 Å². The van der Waals surface area contributed by atoms with Gasteiger partial charge < -0.3 is 14.7 Å². The Morgan fingerprint density at radius 3 is 2.33 bits per heavy atom. The predicted molar refractivity (Wildman–Crippen MR) is 91.9 cm³/mol. The summed E-state index contributed by atoms with van der Waals surface area (Å²) in [6, 6.07) is -0.447. The van der Waals surface area contributed by atoms with Crippen molar-refractivity contribution in [3.05, 3.63) is 0 Å². The maximum absolute atomic E-state index is 12.3. The summed E-state index contributed by atoms with van der Waals surface area (Å²) in [5.41, 5.74) is -0.477. The molecule has 1 amide bonds. The summed E-state index contributed by atoms with van der Waals surface area (Å²) in [5.74, 6) is -0.676. The van der Waals surface area contributed by atoms with E-state index in [4.69, 9.17) is 4.74 Å². The van der Waals surface area contributed by atoms with Gasteiger partial charge in [-0.2, -0.15) is 0 Å². The third kappa shape index (κ3) is 4.41. The third-order valence-corrected chi connectivity index (χ3v) is 5.06. The van der Waals surface area contributed by atoms with E-state index >= 15 is 0 Å². The molecule has 138 valence electrons. The number of carbonyl (C=O) groups is 2. The molecule has 0 radical (unpaired) electrons. The summed E-state index contributed by atoms with van der Waals surface area (Å²) in [5, 5.41) is 9.57. The largest absolute Gasteiger partial charge is 0.480 e. The Morgan fingerprint density at radius 1 is 1.12 bits per heavy atom. The van der Waals surface area contributed by atoms with Crippen molar-refractivity contribution in [1.29, 1.82) is 0 Å². The van der Waals surface area contributed by atoms with Crippen molar-refractivity contribution < 1.29 is 19.4 Å². The van der Waals surface area contributed by atoms with Gasteiger partial charge in [-0.1, -0.05) is 13.8 Å². The van der Waals surface area contributed by atoms with E-state index in [1.54, 1.807) is 4.90 Å². The molecule has 0 aliphatic carbocycles. The van der Waals surface area contributed by atoms with E-state index in [2.05, 4.69) is 4.90 Å². The first-order chi connectivity index (χ1) is 11.0. The molecule has 2 aliphatic rings. The van der Waals surface area contributed by atoms with Crippen molar-refractivity contribution in [3.63, 3.8) is 0 Å². The second-order valence-corrected chi connectivity index (χ2v) is 8.75. The van der Waals surface area contributed by atoms with Crippen LogP contribution in [0, 0.1) is 11.3 Å². The summed E-state index contributed by atoms with van der Waals surface area (Å²) < 4.78 is 5.49. The van der Waals surface area contributed by atoms with Gasteiger partial charge in [0.1, 0.15) is 11.6 Å². The molecule has 2 saturated heterocycles. The minimum atomic E-state index is -0.746. The number of carboxylic acids is 1. The molecule has 6 heteroatoms. The Labute approximate surface area is 145 Å². The highest BCUT2D eigenvalue weighted by Crippen LogP contribution is 2.40. The zero-order valence-corrected chi connectivity index (χ0v) is 15.7. The van der Waals surface area contributed by atoms with Gasteiger partial charge in [-0.05, 0) is 52.5 Å². The van der Waals surface area contributed by atoms with Gasteiger partial charge in [0.25, 0.3) is 0 Å². The van der Waals surface area contributed by atoms with Gasteiger partial charge in [-0.25, -0.2) is 4.79 Å². The maximum atomic E-state index is 12.3. The molecule has 1 unspecified atom stereocenters. The fraction of sp³-hybridized carbons (Fsp3) is 0.889. The first-order valence-electron chi connectivity index (χ1n) is 8.98. The first-order valence-corrected chi connectivity index (χ1v) is 8.98. The Hall–Kier alpha value is -1.30. The summed E-state index contributed by atoms with van der Waals surface area (Å²) in [4.78, 5) is 27.9. The van der Waals surface area contributed by atoms with E-state index in [9.17, 15) is 14.7 Å². The van der Waals surface area contributed by atoms with Crippen LogP contribution in [0.2, 0.25) is 0 Å². The highest BCUT2D eigenvalue weighted by Gasteiger charge is 2.46. The van der Waals surface area contributed by atoms with Gasteiger partial charge in [0.15, 0.2) is 0 Å². The van der Waals surface area contributed by atoms with E-state index in [1.807, 2.05) is 34.6 Å². The molecule has 2 fully saturated rings. The summed E-state index contributed by atoms with van der Waals surface area (Å²) in [6.07, 6.45) is 2.70. The van der Waals surface area contributed by atoms with Crippen molar-refractivity contribution in [1.82, 2.24) is 9.80 Å². The fourth-order valence-electron chi connectivity index (χ4n) is 4.10. The van der Waals surface area contributed by atoms with Crippen LogP contribution in [0.25, 0.3) is 0 Å². The van der Waals surface area contributed by atoms with E-state index < -0.39 is 17.6 Å². The van der Waals surface area contributed by atoms with Crippen LogP contribution in [0.4, 0.5) is 4.79 Å². The van der Waals surface area contributed by atoms with Crippen molar-refractivity contribution >= 4 is 12.1 Å². The lowest BCUT2D eigenvalue weighted by molar-refractivity contribution is -0.146. The van der Waals surface area contributed by atoms with Crippen LogP contribution in [0.1, 0.15) is 53.9 Å². The average Bonchev–Trinajstić information content (AvgIpc) is 2.80. The van der Waals surface area contributed by atoms with Crippen LogP contribution in [-0.4, -0.2) is 64.8 Å². The molecule has 6 nitrogen and oxygen atoms in total. The monoisotopic (exact) mass is 340 g/mol. The van der Waals surface area contributed by atoms with Crippen LogP contribution in [0.3, 0.4) is 0 Å². The number of carbonyl (C=O) groups excluding carboxylic acids is 1. The molecule has 1 spiro atoms. The van der Waals surface area contributed by atoms with Gasteiger partial charge >= 0.3 is 12.1 Å². The maximum Gasteiger partial charge on any atom is 0.410 e. The van der Waals surface area contributed by atoms with E-state index in [0.717, 1.165) is 32.4 Å². The molecule has 1 N–H and O–H groups in total.